The van der Waals surface area contributed by atoms with Crippen molar-refractivity contribution in [3.63, 3.8) is 0 Å². The van der Waals surface area contributed by atoms with E-state index in [9.17, 15) is 9.59 Å². The van der Waals surface area contributed by atoms with Crippen molar-refractivity contribution in [3.05, 3.63) is 66.0 Å². The number of pyridine rings is 1. The normalized spacial score (nSPS) is 9.74. The zero-order valence-corrected chi connectivity index (χ0v) is 12.1. The molecule has 2 rings (SSSR count). The molecule has 23 heavy (non-hydrogen) atoms. The van der Waals surface area contributed by atoms with Crippen molar-refractivity contribution in [3.8, 4) is 0 Å². The summed E-state index contributed by atoms with van der Waals surface area (Å²) in [6, 6.07) is 13.2. The van der Waals surface area contributed by atoms with Gasteiger partial charge in [-0.25, -0.2) is 14.6 Å². The fourth-order valence-electron chi connectivity index (χ4n) is 1.74. The van der Waals surface area contributed by atoms with E-state index in [0.29, 0.717) is 18.1 Å². The highest BCUT2D eigenvalue weighted by Gasteiger charge is 2.15. The maximum atomic E-state index is 10.7. The van der Waals surface area contributed by atoms with E-state index >= 15 is 0 Å². The summed E-state index contributed by atoms with van der Waals surface area (Å²) in [6.45, 7) is 0.628. The monoisotopic (exact) mass is 313 g/mol. The Kier molecular flexibility index (Phi) is 5.30. The molecule has 1 heterocycles. The van der Waals surface area contributed by atoms with Crippen molar-refractivity contribution in [1.29, 1.82) is 0 Å². The Labute approximate surface area is 132 Å². The zero-order valence-electron chi connectivity index (χ0n) is 12.1. The van der Waals surface area contributed by atoms with Crippen molar-refractivity contribution < 1.29 is 19.8 Å². The third kappa shape index (κ3) is 4.85. The van der Waals surface area contributed by atoms with Crippen LogP contribution in [0.15, 0.2) is 60.4 Å². The molecule has 0 aliphatic heterocycles. The summed E-state index contributed by atoms with van der Waals surface area (Å²) in [4.78, 5) is 25.6. The van der Waals surface area contributed by atoms with Gasteiger partial charge in [0.05, 0.1) is 11.9 Å². The van der Waals surface area contributed by atoms with E-state index in [1.165, 1.54) is 6.20 Å². The molecular formula is C16H15N3O4. The second-order valence-electron chi connectivity index (χ2n) is 4.58. The Hall–Kier alpha value is -3.35. The maximum Gasteiger partial charge on any atom is 0.344 e. The first kappa shape index (κ1) is 16.0. The quantitative estimate of drug-likeness (QED) is 0.352. The first-order chi connectivity index (χ1) is 11.1. The molecule has 0 aliphatic carbocycles. The fourth-order valence-corrected chi connectivity index (χ4v) is 1.74. The van der Waals surface area contributed by atoms with Crippen molar-refractivity contribution in [2.24, 2.45) is 0 Å². The summed E-state index contributed by atoms with van der Waals surface area (Å²) >= 11 is 0. The number of nitrogens with zero attached hydrogens (tertiary/aromatic N) is 1. The predicted octanol–water partition coefficient (Wildman–Crippen LogP) is 2.16. The minimum Gasteiger partial charge on any atom is -0.477 e. The Morgan fingerprint density at radius 3 is 2.30 bits per heavy atom. The number of aliphatic carboxylic acids is 2. The SMILES string of the molecule is O=C(O)C(=CNc1ccc(NCc2ccccc2)nc1)C(=O)O. The number of hydrogen-bond acceptors (Lipinski definition) is 5. The van der Waals surface area contributed by atoms with Gasteiger partial charge < -0.3 is 20.8 Å². The number of carbonyl (C=O) groups is 2. The minimum absolute atomic E-state index is 0.482. The lowest BCUT2D eigenvalue weighted by Gasteiger charge is -2.07. The summed E-state index contributed by atoms with van der Waals surface area (Å²) in [5, 5.41) is 23.2. The van der Waals surface area contributed by atoms with Crippen LogP contribution in [0.1, 0.15) is 5.56 Å². The highest BCUT2D eigenvalue weighted by atomic mass is 16.4. The number of carboxylic acids is 2. The van der Waals surface area contributed by atoms with Crippen LogP contribution in [0.5, 0.6) is 0 Å². The van der Waals surface area contributed by atoms with Gasteiger partial charge in [0.1, 0.15) is 5.82 Å². The average Bonchev–Trinajstić information content (AvgIpc) is 2.54. The topological polar surface area (TPSA) is 112 Å². The number of carboxylic acid groups (broad SMARTS) is 2. The van der Waals surface area contributed by atoms with Gasteiger partial charge in [-0.1, -0.05) is 30.3 Å². The van der Waals surface area contributed by atoms with E-state index in [1.807, 2.05) is 30.3 Å². The van der Waals surface area contributed by atoms with Crippen molar-refractivity contribution in [1.82, 2.24) is 4.98 Å². The van der Waals surface area contributed by atoms with Crippen LogP contribution in [-0.4, -0.2) is 27.1 Å². The first-order valence-corrected chi connectivity index (χ1v) is 6.73. The summed E-state index contributed by atoms with van der Waals surface area (Å²) < 4.78 is 0. The van der Waals surface area contributed by atoms with Crippen molar-refractivity contribution in [2.75, 3.05) is 10.6 Å². The molecule has 0 unspecified atom stereocenters. The Morgan fingerprint density at radius 2 is 1.74 bits per heavy atom. The van der Waals surface area contributed by atoms with E-state index in [1.54, 1.807) is 12.1 Å². The van der Waals surface area contributed by atoms with Gasteiger partial charge in [0, 0.05) is 12.7 Å². The van der Waals surface area contributed by atoms with Crippen LogP contribution in [-0.2, 0) is 16.1 Å². The molecule has 0 bridgehead atoms. The third-order valence-electron chi connectivity index (χ3n) is 2.92. The molecule has 0 spiro atoms. The molecule has 0 radical (unpaired) electrons. The van der Waals surface area contributed by atoms with Gasteiger partial charge in [-0.05, 0) is 17.7 Å². The second kappa shape index (κ2) is 7.60. The van der Waals surface area contributed by atoms with Crippen LogP contribution in [0.4, 0.5) is 11.5 Å². The van der Waals surface area contributed by atoms with E-state index < -0.39 is 17.5 Å². The summed E-state index contributed by atoms with van der Waals surface area (Å²) in [6.07, 6.45) is 2.39. The Bertz CT molecular complexity index is 696. The van der Waals surface area contributed by atoms with Crippen LogP contribution >= 0.6 is 0 Å². The molecule has 0 aliphatic rings. The third-order valence-corrected chi connectivity index (χ3v) is 2.92. The largest absolute Gasteiger partial charge is 0.477 e. The number of aromatic nitrogens is 1. The number of rotatable bonds is 7. The fraction of sp³-hybridized carbons (Fsp3) is 0.0625. The van der Waals surface area contributed by atoms with Gasteiger partial charge in [-0.3, -0.25) is 0 Å². The van der Waals surface area contributed by atoms with Gasteiger partial charge in [0.2, 0.25) is 0 Å². The van der Waals surface area contributed by atoms with Crippen LogP contribution in [0.3, 0.4) is 0 Å². The summed E-state index contributed by atoms with van der Waals surface area (Å²) in [5.74, 6) is -2.38. The first-order valence-electron chi connectivity index (χ1n) is 6.73. The van der Waals surface area contributed by atoms with E-state index in [4.69, 9.17) is 10.2 Å². The van der Waals surface area contributed by atoms with E-state index in [2.05, 4.69) is 15.6 Å². The van der Waals surface area contributed by atoms with Crippen molar-refractivity contribution in [2.45, 2.75) is 6.54 Å². The Balaban J connectivity index is 1.95. The van der Waals surface area contributed by atoms with Crippen LogP contribution in [0, 0.1) is 0 Å². The van der Waals surface area contributed by atoms with E-state index in [-0.39, 0.29) is 0 Å². The lowest BCUT2D eigenvalue weighted by atomic mass is 10.2. The van der Waals surface area contributed by atoms with Crippen LogP contribution in [0.25, 0.3) is 0 Å². The lowest BCUT2D eigenvalue weighted by Crippen LogP contribution is -2.12. The standard InChI is InChI=1S/C16H15N3O4/c20-15(21)13(16(22)23)10-17-12-6-7-14(19-9-12)18-8-11-4-2-1-3-5-11/h1-7,9-10,17H,8H2,(H,18,19)(H,20,21)(H,22,23). The molecule has 1 aromatic carbocycles. The number of nitrogens with one attached hydrogen (secondary N) is 2. The molecule has 0 fully saturated rings. The molecule has 4 N–H and O–H groups in total. The molecule has 0 saturated heterocycles. The van der Waals surface area contributed by atoms with Crippen LogP contribution < -0.4 is 10.6 Å². The van der Waals surface area contributed by atoms with Gasteiger partial charge in [0.15, 0.2) is 5.57 Å². The summed E-state index contributed by atoms with van der Waals surface area (Å²) in [5.41, 5.74) is 0.846. The molecular weight excluding hydrogens is 298 g/mol. The number of benzene rings is 1. The predicted molar refractivity (Wildman–Crippen MR) is 85.0 cm³/mol. The highest BCUT2D eigenvalue weighted by molar-refractivity contribution is 6.12. The highest BCUT2D eigenvalue weighted by Crippen LogP contribution is 2.11. The second-order valence-corrected chi connectivity index (χ2v) is 4.58. The zero-order chi connectivity index (χ0) is 16.7. The molecule has 1 aromatic heterocycles. The molecule has 118 valence electrons. The molecule has 2 aromatic rings. The van der Waals surface area contributed by atoms with Gasteiger partial charge in [-0.15, -0.1) is 0 Å². The number of hydrogen-bond donors (Lipinski definition) is 4. The molecule has 0 amide bonds. The summed E-state index contributed by atoms with van der Waals surface area (Å²) in [7, 11) is 0. The molecule has 7 heteroatoms. The van der Waals surface area contributed by atoms with Crippen molar-refractivity contribution >= 4 is 23.4 Å². The van der Waals surface area contributed by atoms with Gasteiger partial charge in [0.25, 0.3) is 0 Å². The van der Waals surface area contributed by atoms with Gasteiger partial charge >= 0.3 is 11.9 Å². The minimum atomic E-state index is -1.51. The lowest BCUT2D eigenvalue weighted by molar-refractivity contribution is -0.140. The Morgan fingerprint density at radius 1 is 1.04 bits per heavy atom. The average molecular weight is 313 g/mol. The van der Waals surface area contributed by atoms with Crippen LogP contribution in [0.2, 0.25) is 0 Å². The number of anilines is 2. The smallest absolute Gasteiger partial charge is 0.344 e. The molecule has 7 nitrogen and oxygen atoms in total. The molecule has 0 saturated carbocycles. The molecule has 0 atom stereocenters. The van der Waals surface area contributed by atoms with E-state index in [0.717, 1.165) is 11.8 Å². The maximum absolute atomic E-state index is 10.7. The van der Waals surface area contributed by atoms with Gasteiger partial charge in [-0.2, -0.15) is 0 Å².